The summed E-state index contributed by atoms with van der Waals surface area (Å²) in [5, 5.41) is 5.74. The molecular weight excluding hydrogens is 359 g/mol. The van der Waals surface area contributed by atoms with Crippen molar-refractivity contribution in [2.75, 3.05) is 6.54 Å². The molecule has 1 fully saturated rings. The van der Waals surface area contributed by atoms with E-state index in [1.807, 2.05) is 16.5 Å². The summed E-state index contributed by atoms with van der Waals surface area (Å²) in [6.07, 6.45) is 3.32. The topological polar surface area (TPSA) is 51.0 Å². The van der Waals surface area contributed by atoms with Crippen LogP contribution in [0.2, 0.25) is 10.2 Å². The van der Waals surface area contributed by atoms with Gasteiger partial charge in [0.25, 0.3) is 5.91 Å². The van der Waals surface area contributed by atoms with Crippen LogP contribution in [0, 0.1) is 12.8 Å². The van der Waals surface area contributed by atoms with Gasteiger partial charge in [0, 0.05) is 24.8 Å². The number of pyridine rings is 1. The molecule has 1 saturated heterocycles. The predicted octanol–water partition coefficient (Wildman–Crippen LogP) is 4.53. The average Bonchev–Trinajstić information content (AvgIpc) is 3.12. The van der Waals surface area contributed by atoms with Crippen molar-refractivity contribution in [2.24, 2.45) is 5.92 Å². The van der Waals surface area contributed by atoms with Crippen LogP contribution >= 0.6 is 23.2 Å². The summed E-state index contributed by atoms with van der Waals surface area (Å²) >= 11 is 12.5. The van der Waals surface area contributed by atoms with Crippen molar-refractivity contribution in [3.05, 3.63) is 45.5 Å². The van der Waals surface area contributed by atoms with E-state index in [4.69, 9.17) is 23.2 Å². The van der Waals surface area contributed by atoms with Crippen LogP contribution in [-0.4, -0.2) is 32.1 Å². The Kier molecular flexibility index (Phi) is 5.35. The third kappa shape index (κ3) is 3.67. The summed E-state index contributed by atoms with van der Waals surface area (Å²) in [5.41, 5.74) is 2.25. The summed E-state index contributed by atoms with van der Waals surface area (Å²) in [7, 11) is 0. The first kappa shape index (κ1) is 18.2. The van der Waals surface area contributed by atoms with Crippen LogP contribution in [0.4, 0.5) is 0 Å². The fourth-order valence-corrected chi connectivity index (χ4v) is 3.85. The fourth-order valence-electron chi connectivity index (χ4n) is 3.37. The lowest BCUT2D eigenvalue weighted by Crippen LogP contribution is -2.31. The largest absolute Gasteiger partial charge is 0.330 e. The van der Waals surface area contributed by atoms with Crippen molar-refractivity contribution in [1.82, 2.24) is 19.7 Å². The molecule has 1 aliphatic heterocycles. The van der Waals surface area contributed by atoms with E-state index >= 15 is 0 Å². The minimum absolute atomic E-state index is 0.0570. The second-order valence-corrected chi connectivity index (χ2v) is 7.68. The van der Waals surface area contributed by atoms with E-state index in [-0.39, 0.29) is 11.9 Å². The van der Waals surface area contributed by atoms with Crippen LogP contribution in [0.5, 0.6) is 0 Å². The Hall–Kier alpha value is -1.59. The number of halogens is 2. The van der Waals surface area contributed by atoms with E-state index in [0.29, 0.717) is 28.3 Å². The SMILES string of the molecule is Cc1nn(CC(C)C)c(Cl)c1C1CCCN1C(=O)c1ccc(Cl)cn1. The first-order valence-electron chi connectivity index (χ1n) is 8.53. The Morgan fingerprint density at radius 1 is 1.36 bits per heavy atom. The highest BCUT2D eigenvalue weighted by Gasteiger charge is 2.35. The lowest BCUT2D eigenvalue weighted by molar-refractivity contribution is 0.0729. The standard InChI is InChI=1S/C18H22Cl2N4O/c1-11(2)10-24-17(20)16(12(3)22-24)15-5-4-8-23(15)18(25)14-7-6-13(19)9-21-14/h6-7,9,11,15H,4-5,8,10H2,1-3H3. The van der Waals surface area contributed by atoms with Gasteiger partial charge in [0.15, 0.2) is 0 Å². The molecular formula is C18H22Cl2N4O. The zero-order valence-electron chi connectivity index (χ0n) is 14.7. The van der Waals surface area contributed by atoms with Gasteiger partial charge in [-0.2, -0.15) is 5.10 Å². The average molecular weight is 381 g/mol. The zero-order valence-corrected chi connectivity index (χ0v) is 16.2. The molecule has 1 amide bonds. The van der Waals surface area contributed by atoms with Gasteiger partial charge in [-0.15, -0.1) is 0 Å². The van der Waals surface area contributed by atoms with Crippen LogP contribution in [0.25, 0.3) is 0 Å². The van der Waals surface area contributed by atoms with Gasteiger partial charge in [0.2, 0.25) is 0 Å². The summed E-state index contributed by atoms with van der Waals surface area (Å²) in [6.45, 7) is 7.67. The first-order valence-corrected chi connectivity index (χ1v) is 9.29. The van der Waals surface area contributed by atoms with Gasteiger partial charge in [-0.05, 0) is 37.8 Å². The third-order valence-electron chi connectivity index (χ3n) is 4.44. The molecule has 1 atom stereocenters. The van der Waals surface area contributed by atoms with Gasteiger partial charge < -0.3 is 4.90 Å². The molecule has 1 aliphatic rings. The van der Waals surface area contributed by atoms with Crippen molar-refractivity contribution in [3.8, 4) is 0 Å². The minimum Gasteiger partial charge on any atom is -0.330 e. The molecule has 0 radical (unpaired) electrons. The first-order chi connectivity index (χ1) is 11.9. The highest BCUT2D eigenvalue weighted by molar-refractivity contribution is 6.30. The van der Waals surface area contributed by atoms with E-state index in [2.05, 4.69) is 23.9 Å². The lowest BCUT2D eigenvalue weighted by Gasteiger charge is -2.24. The second-order valence-electron chi connectivity index (χ2n) is 6.88. The van der Waals surface area contributed by atoms with Crippen molar-refractivity contribution in [3.63, 3.8) is 0 Å². The third-order valence-corrected chi connectivity index (χ3v) is 5.06. The van der Waals surface area contributed by atoms with Crippen molar-refractivity contribution < 1.29 is 4.79 Å². The molecule has 5 nitrogen and oxygen atoms in total. The number of rotatable bonds is 4. The number of likely N-dealkylation sites (tertiary alicyclic amines) is 1. The van der Waals surface area contributed by atoms with Gasteiger partial charge in [-0.25, -0.2) is 4.98 Å². The molecule has 0 bridgehead atoms. The molecule has 134 valence electrons. The highest BCUT2D eigenvalue weighted by atomic mass is 35.5. The predicted molar refractivity (Wildman–Crippen MR) is 99.1 cm³/mol. The summed E-state index contributed by atoms with van der Waals surface area (Å²) < 4.78 is 1.85. The van der Waals surface area contributed by atoms with Crippen molar-refractivity contribution in [2.45, 2.75) is 46.2 Å². The Labute approximate surface area is 157 Å². The van der Waals surface area contributed by atoms with Crippen LogP contribution in [-0.2, 0) is 6.54 Å². The number of hydrogen-bond acceptors (Lipinski definition) is 3. The maximum absolute atomic E-state index is 12.9. The van der Waals surface area contributed by atoms with Gasteiger partial charge in [0.1, 0.15) is 10.8 Å². The van der Waals surface area contributed by atoms with Crippen LogP contribution in [0.15, 0.2) is 18.3 Å². The molecule has 3 rings (SSSR count). The minimum atomic E-state index is -0.0914. The molecule has 0 saturated carbocycles. The van der Waals surface area contributed by atoms with Crippen LogP contribution in [0.3, 0.4) is 0 Å². The van der Waals surface area contributed by atoms with E-state index in [1.54, 1.807) is 12.1 Å². The normalized spacial score (nSPS) is 17.5. The van der Waals surface area contributed by atoms with E-state index < -0.39 is 0 Å². The number of carbonyl (C=O) groups is 1. The summed E-state index contributed by atoms with van der Waals surface area (Å²) in [5.74, 6) is 0.357. The Morgan fingerprint density at radius 3 is 2.76 bits per heavy atom. The molecule has 7 heteroatoms. The van der Waals surface area contributed by atoms with Gasteiger partial charge >= 0.3 is 0 Å². The number of carbonyl (C=O) groups excluding carboxylic acids is 1. The number of aryl methyl sites for hydroxylation is 1. The smallest absolute Gasteiger partial charge is 0.272 e. The maximum Gasteiger partial charge on any atom is 0.272 e. The second kappa shape index (κ2) is 7.34. The Morgan fingerprint density at radius 2 is 2.12 bits per heavy atom. The van der Waals surface area contributed by atoms with E-state index in [9.17, 15) is 4.79 Å². The molecule has 25 heavy (non-hydrogen) atoms. The number of amides is 1. The quantitative estimate of drug-likeness (QED) is 0.782. The lowest BCUT2D eigenvalue weighted by atomic mass is 10.1. The molecule has 1 unspecified atom stereocenters. The monoisotopic (exact) mass is 380 g/mol. The molecule has 2 aromatic rings. The molecule has 0 spiro atoms. The molecule has 0 aromatic carbocycles. The van der Waals surface area contributed by atoms with Crippen molar-refractivity contribution in [1.29, 1.82) is 0 Å². The Bertz CT molecular complexity index is 770. The fraction of sp³-hybridized carbons (Fsp3) is 0.500. The Balaban J connectivity index is 1.90. The molecule has 0 aliphatic carbocycles. The molecule has 0 N–H and O–H groups in total. The number of aromatic nitrogens is 3. The van der Waals surface area contributed by atoms with Gasteiger partial charge in [-0.3, -0.25) is 9.48 Å². The van der Waals surface area contributed by atoms with Crippen molar-refractivity contribution >= 4 is 29.1 Å². The molecule has 3 heterocycles. The molecule has 2 aromatic heterocycles. The van der Waals surface area contributed by atoms with Gasteiger partial charge in [-0.1, -0.05) is 37.0 Å². The number of nitrogens with zero attached hydrogens (tertiary/aromatic N) is 4. The zero-order chi connectivity index (χ0) is 18.1. The van der Waals surface area contributed by atoms with E-state index in [1.165, 1.54) is 6.20 Å². The summed E-state index contributed by atoms with van der Waals surface area (Å²) in [4.78, 5) is 18.9. The summed E-state index contributed by atoms with van der Waals surface area (Å²) in [6, 6.07) is 3.29. The number of hydrogen-bond donors (Lipinski definition) is 0. The maximum atomic E-state index is 12.9. The van der Waals surface area contributed by atoms with Crippen LogP contribution < -0.4 is 0 Å². The van der Waals surface area contributed by atoms with E-state index in [0.717, 1.165) is 30.6 Å². The highest BCUT2D eigenvalue weighted by Crippen LogP contribution is 2.38. The van der Waals surface area contributed by atoms with Gasteiger partial charge in [0.05, 0.1) is 16.8 Å². The van der Waals surface area contributed by atoms with Crippen LogP contribution in [0.1, 0.15) is 54.5 Å².